The van der Waals surface area contributed by atoms with Gasteiger partial charge in [0.15, 0.2) is 0 Å². The van der Waals surface area contributed by atoms with Gasteiger partial charge in [-0.3, -0.25) is 14.6 Å². The number of carbonyl (C=O) groups is 2. The van der Waals surface area contributed by atoms with Crippen molar-refractivity contribution in [2.24, 2.45) is 0 Å². The minimum atomic E-state index is -0.726. The van der Waals surface area contributed by atoms with Crippen LogP contribution >= 0.6 is 11.6 Å². The number of nitrogens with zero attached hydrogens (tertiary/aromatic N) is 2. The third-order valence-corrected chi connectivity index (χ3v) is 6.49. The molecule has 7 heteroatoms. The summed E-state index contributed by atoms with van der Waals surface area (Å²) in [5.41, 5.74) is 3.57. The van der Waals surface area contributed by atoms with Crippen LogP contribution in [0.1, 0.15) is 22.3 Å². The minimum Gasteiger partial charge on any atom is -0.497 e. The molecule has 3 aromatic carbocycles. The zero-order chi connectivity index (χ0) is 26.7. The van der Waals surface area contributed by atoms with Crippen LogP contribution in [0.3, 0.4) is 0 Å². The van der Waals surface area contributed by atoms with Crippen LogP contribution in [0.4, 0.5) is 0 Å². The minimum absolute atomic E-state index is 0.147. The van der Waals surface area contributed by atoms with E-state index in [0.29, 0.717) is 18.0 Å². The molecule has 0 fully saturated rings. The molecule has 38 heavy (non-hydrogen) atoms. The van der Waals surface area contributed by atoms with Gasteiger partial charge in [-0.05, 0) is 52.6 Å². The highest BCUT2D eigenvalue weighted by Crippen LogP contribution is 2.19. The summed E-state index contributed by atoms with van der Waals surface area (Å²) in [7, 11) is 1.61. The predicted octanol–water partition coefficient (Wildman–Crippen LogP) is 5.24. The maximum absolute atomic E-state index is 13.8. The lowest BCUT2D eigenvalue weighted by Crippen LogP contribution is -2.50. The van der Waals surface area contributed by atoms with E-state index in [4.69, 9.17) is 16.3 Å². The van der Waals surface area contributed by atoms with Crippen LogP contribution in [0.2, 0.25) is 5.02 Å². The second-order valence-electron chi connectivity index (χ2n) is 8.96. The van der Waals surface area contributed by atoms with Gasteiger partial charge in [0.1, 0.15) is 11.8 Å². The molecule has 0 aliphatic carbocycles. The highest BCUT2D eigenvalue weighted by Gasteiger charge is 2.30. The van der Waals surface area contributed by atoms with E-state index in [1.54, 1.807) is 36.5 Å². The van der Waals surface area contributed by atoms with Crippen molar-refractivity contribution in [3.8, 4) is 5.75 Å². The van der Waals surface area contributed by atoms with Crippen molar-refractivity contribution < 1.29 is 14.3 Å². The van der Waals surface area contributed by atoms with Crippen LogP contribution in [0.5, 0.6) is 5.75 Å². The number of methoxy groups -OCH3 is 1. The molecule has 1 N–H and O–H groups in total. The van der Waals surface area contributed by atoms with Crippen molar-refractivity contribution in [2.75, 3.05) is 7.11 Å². The number of halogens is 1. The third kappa shape index (κ3) is 7.67. The average molecular weight is 528 g/mol. The van der Waals surface area contributed by atoms with Crippen molar-refractivity contribution in [3.63, 3.8) is 0 Å². The molecular formula is C31H30ClN3O3. The molecular weight excluding hydrogens is 498 g/mol. The Hall–Kier alpha value is -4.16. The highest BCUT2D eigenvalue weighted by atomic mass is 35.5. The average Bonchev–Trinajstić information content (AvgIpc) is 2.96. The summed E-state index contributed by atoms with van der Waals surface area (Å²) in [6.07, 6.45) is 3.93. The first-order valence-corrected chi connectivity index (χ1v) is 12.8. The summed E-state index contributed by atoms with van der Waals surface area (Å²) in [5.74, 6) is 0.346. The van der Waals surface area contributed by atoms with Gasteiger partial charge < -0.3 is 15.0 Å². The fourth-order valence-electron chi connectivity index (χ4n) is 4.17. The van der Waals surface area contributed by atoms with E-state index in [-0.39, 0.29) is 24.8 Å². The standard InChI is InChI=1S/C31H30ClN3O3/c1-38-28-15-11-25(12-16-28)22-35(30(36)19-24-9-13-27(32)14-10-24)29(18-23-6-3-2-4-7-23)31(37)34-21-26-8-5-17-33-20-26/h2-17,20,29H,18-19,21-22H2,1H3,(H,34,37)/t29-/m0/s1. The number of benzene rings is 3. The monoisotopic (exact) mass is 527 g/mol. The third-order valence-electron chi connectivity index (χ3n) is 6.24. The van der Waals surface area contributed by atoms with Crippen molar-refractivity contribution in [3.05, 3.63) is 131 Å². The Labute approximate surface area is 228 Å². The first-order chi connectivity index (χ1) is 18.5. The molecule has 1 atom stereocenters. The number of pyridine rings is 1. The normalized spacial score (nSPS) is 11.4. The Balaban J connectivity index is 1.64. The quantitative estimate of drug-likeness (QED) is 0.289. The van der Waals surface area contributed by atoms with Gasteiger partial charge in [0.2, 0.25) is 11.8 Å². The van der Waals surface area contributed by atoms with Gasteiger partial charge in [0.25, 0.3) is 0 Å². The number of hydrogen-bond acceptors (Lipinski definition) is 4. The Morgan fingerprint density at radius 1 is 0.868 bits per heavy atom. The summed E-state index contributed by atoms with van der Waals surface area (Å²) in [4.78, 5) is 33.3. The first kappa shape index (κ1) is 26.9. The number of rotatable bonds is 11. The molecule has 0 radical (unpaired) electrons. The van der Waals surface area contributed by atoms with Gasteiger partial charge >= 0.3 is 0 Å². The second kappa shape index (κ2) is 13.4. The molecule has 0 aliphatic heterocycles. The summed E-state index contributed by atoms with van der Waals surface area (Å²) >= 11 is 6.05. The molecule has 4 rings (SSSR count). The first-order valence-electron chi connectivity index (χ1n) is 12.4. The number of nitrogens with one attached hydrogen (secondary N) is 1. The van der Waals surface area contributed by atoms with E-state index >= 15 is 0 Å². The maximum Gasteiger partial charge on any atom is 0.243 e. The smallest absolute Gasteiger partial charge is 0.243 e. The van der Waals surface area contributed by atoms with E-state index in [2.05, 4.69) is 10.3 Å². The molecule has 0 saturated carbocycles. The molecule has 0 unspecified atom stereocenters. The molecule has 0 saturated heterocycles. The molecule has 4 aromatic rings. The zero-order valence-electron chi connectivity index (χ0n) is 21.2. The zero-order valence-corrected chi connectivity index (χ0v) is 22.0. The van der Waals surface area contributed by atoms with Crippen molar-refractivity contribution in [1.82, 2.24) is 15.2 Å². The van der Waals surface area contributed by atoms with E-state index in [9.17, 15) is 9.59 Å². The lowest BCUT2D eigenvalue weighted by atomic mass is 10.0. The predicted molar refractivity (Wildman–Crippen MR) is 149 cm³/mol. The van der Waals surface area contributed by atoms with Crippen molar-refractivity contribution >= 4 is 23.4 Å². The SMILES string of the molecule is COc1ccc(CN(C(=O)Cc2ccc(Cl)cc2)[C@@H](Cc2ccccc2)C(=O)NCc2cccnc2)cc1. The largest absolute Gasteiger partial charge is 0.497 e. The molecule has 1 heterocycles. The van der Waals surface area contributed by atoms with Crippen LogP contribution in [0, 0.1) is 0 Å². The van der Waals surface area contributed by atoms with Crippen LogP contribution in [-0.4, -0.2) is 34.8 Å². The van der Waals surface area contributed by atoms with Crippen molar-refractivity contribution in [2.45, 2.75) is 32.0 Å². The van der Waals surface area contributed by atoms with Gasteiger partial charge in [-0.25, -0.2) is 0 Å². The van der Waals surface area contributed by atoms with Gasteiger partial charge in [-0.15, -0.1) is 0 Å². The number of aromatic nitrogens is 1. The number of hydrogen-bond donors (Lipinski definition) is 1. The Morgan fingerprint density at radius 2 is 1.55 bits per heavy atom. The van der Waals surface area contributed by atoms with Crippen LogP contribution in [0.25, 0.3) is 0 Å². The molecule has 2 amide bonds. The lowest BCUT2D eigenvalue weighted by Gasteiger charge is -2.32. The molecule has 0 spiro atoms. The molecule has 1 aromatic heterocycles. The molecule has 0 bridgehead atoms. The molecule has 6 nitrogen and oxygen atoms in total. The van der Waals surface area contributed by atoms with E-state index < -0.39 is 6.04 Å². The van der Waals surface area contributed by atoms with E-state index in [1.807, 2.05) is 78.9 Å². The Kier molecular flexibility index (Phi) is 9.48. The van der Waals surface area contributed by atoms with Crippen LogP contribution < -0.4 is 10.1 Å². The van der Waals surface area contributed by atoms with Gasteiger partial charge in [0, 0.05) is 36.9 Å². The van der Waals surface area contributed by atoms with E-state index in [1.165, 1.54) is 0 Å². The summed E-state index contributed by atoms with van der Waals surface area (Å²) < 4.78 is 5.29. The fraction of sp³-hybridized carbons (Fsp3) is 0.194. The molecule has 0 aliphatic rings. The van der Waals surface area contributed by atoms with E-state index in [0.717, 1.165) is 28.0 Å². The number of carbonyl (C=O) groups excluding carboxylic acids is 2. The fourth-order valence-corrected chi connectivity index (χ4v) is 4.30. The van der Waals surface area contributed by atoms with Gasteiger partial charge in [-0.2, -0.15) is 0 Å². The summed E-state index contributed by atoms with van der Waals surface area (Å²) in [5, 5.41) is 3.62. The van der Waals surface area contributed by atoms with Gasteiger partial charge in [0.05, 0.1) is 13.5 Å². The maximum atomic E-state index is 13.8. The van der Waals surface area contributed by atoms with Crippen LogP contribution in [-0.2, 0) is 35.5 Å². The molecule has 194 valence electrons. The second-order valence-corrected chi connectivity index (χ2v) is 9.39. The number of ether oxygens (including phenoxy) is 1. The Morgan fingerprint density at radius 3 is 2.21 bits per heavy atom. The Bertz CT molecular complexity index is 1310. The summed E-state index contributed by atoms with van der Waals surface area (Å²) in [6.45, 7) is 0.591. The summed E-state index contributed by atoms with van der Waals surface area (Å²) in [6, 6.07) is 27.5. The van der Waals surface area contributed by atoms with Gasteiger partial charge in [-0.1, -0.05) is 72.3 Å². The lowest BCUT2D eigenvalue weighted by molar-refractivity contribution is -0.140. The topological polar surface area (TPSA) is 71.5 Å². The van der Waals surface area contributed by atoms with Crippen molar-refractivity contribution in [1.29, 1.82) is 0 Å². The number of amides is 2. The highest BCUT2D eigenvalue weighted by molar-refractivity contribution is 6.30. The van der Waals surface area contributed by atoms with Crippen LogP contribution in [0.15, 0.2) is 103 Å².